The summed E-state index contributed by atoms with van der Waals surface area (Å²) >= 11 is 10.6. The molecule has 1 aromatic carbocycles. The molecule has 1 heterocycles. The Morgan fingerprint density at radius 3 is 2.86 bits per heavy atom. The molecule has 2 nitrogen and oxygen atoms in total. The number of halogens is 2. The summed E-state index contributed by atoms with van der Waals surface area (Å²) in [5.74, 6) is -0.110. The molecule has 1 aliphatic rings. The lowest BCUT2D eigenvalue weighted by Gasteiger charge is -2.09. The Bertz CT molecular complexity index is 374. The Morgan fingerprint density at radius 1 is 1.50 bits per heavy atom. The molecule has 1 aromatic rings. The first kappa shape index (κ1) is 10.3. The highest BCUT2D eigenvalue weighted by Crippen LogP contribution is 2.37. The molecule has 5 heteroatoms. The Kier molecular flexibility index (Phi) is 3.04. The van der Waals surface area contributed by atoms with Crippen LogP contribution in [0.4, 0.5) is 0 Å². The van der Waals surface area contributed by atoms with Gasteiger partial charge in [0.1, 0.15) is 5.37 Å². The first-order chi connectivity index (χ1) is 6.66. The number of thioether (sulfide) groups is 1. The highest BCUT2D eigenvalue weighted by Gasteiger charge is 2.31. The van der Waals surface area contributed by atoms with Gasteiger partial charge < -0.3 is 5.32 Å². The maximum absolute atomic E-state index is 11.2. The second-order valence-corrected chi connectivity index (χ2v) is 5.72. The number of carbonyl (C=O) groups is 1. The van der Waals surface area contributed by atoms with Gasteiger partial charge in [0.2, 0.25) is 5.91 Å². The minimum absolute atomic E-state index is 0.0255. The van der Waals surface area contributed by atoms with Gasteiger partial charge in [0.05, 0.1) is 0 Å². The lowest BCUT2D eigenvalue weighted by molar-refractivity contribution is -0.118. The van der Waals surface area contributed by atoms with Crippen molar-refractivity contribution in [3.05, 3.63) is 34.3 Å². The number of nitrogens with one attached hydrogen (secondary N) is 1. The standard InChI is InChI=1S/C9H7BrClNOS/c10-6-3-1-2-5(4-6)9-12-8(13)7(11)14-9/h1-4,7,9H,(H,12,13). The van der Waals surface area contributed by atoms with Crippen molar-refractivity contribution in [1.82, 2.24) is 5.32 Å². The van der Waals surface area contributed by atoms with Crippen molar-refractivity contribution in [2.75, 3.05) is 0 Å². The first-order valence-corrected chi connectivity index (χ1v) is 6.19. The fourth-order valence-corrected chi connectivity index (χ4v) is 2.95. The van der Waals surface area contributed by atoms with Crippen LogP contribution in [0.5, 0.6) is 0 Å². The molecule has 2 atom stereocenters. The zero-order valence-electron chi connectivity index (χ0n) is 7.04. The Hall–Kier alpha value is -0.190. The monoisotopic (exact) mass is 291 g/mol. The van der Waals surface area contributed by atoms with Crippen molar-refractivity contribution in [3.8, 4) is 0 Å². The molecule has 1 N–H and O–H groups in total. The molecule has 0 saturated carbocycles. The summed E-state index contributed by atoms with van der Waals surface area (Å²) in [6, 6.07) is 7.83. The van der Waals surface area contributed by atoms with Gasteiger partial charge in [-0.3, -0.25) is 4.79 Å². The number of amides is 1. The molecule has 0 aliphatic carbocycles. The quantitative estimate of drug-likeness (QED) is 0.807. The fourth-order valence-electron chi connectivity index (χ4n) is 1.24. The molecule has 1 saturated heterocycles. The van der Waals surface area contributed by atoms with Crippen LogP contribution in [0.1, 0.15) is 10.9 Å². The number of alkyl halides is 1. The van der Waals surface area contributed by atoms with Gasteiger partial charge in [0.15, 0.2) is 4.71 Å². The average molecular weight is 293 g/mol. The van der Waals surface area contributed by atoms with Crippen LogP contribution in [0.3, 0.4) is 0 Å². The predicted octanol–water partition coefficient (Wildman–Crippen LogP) is 2.88. The summed E-state index contributed by atoms with van der Waals surface area (Å²) in [6.45, 7) is 0. The van der Waals surface area contributed by atoms with E-state index in [9.17, 15) is 4.79 Å². The summed E-state index contributed by atoms with van der Waals surface area (Å²) in [5.41, 5.74) is 1.06. The Balaban J connectivity index is 2.21. The van der Waals surface area contributed by atoms with E-state index >= 15 is 0 Å². The van der Waals surface area contributed by atoms with E-state index in [0.29, 0.717) is 0 Å². The second-order valence-electron chi connectivity index (χ2n) is 2.90. The summed E-state index contributed by atoms with van der Waals surface area (Å²) in [5, 5.41) is 2.79. The molecule has 1 fully saturated rings. The van der Waals surface area contributed by atoms with Gasteiger partial charge in [-0.2, -0.15) is 0 Å². The number of hydrogen-bond acceptors (Lipinski definition) is 2. The molecule has 0 spiro atoms. The van der Waals surface area contributed by atoms with Crippen LogP contribution in [0.15, 0.2) is 28.7 Å². The summed E-state index contributed by atoms with van der Waals surface area (Å²) in [7, 11) is 0. The van der Waals surface area contributed by atoms with E-state index in [1.54, 1.807) is 0 Å². The smallest absolute Gasteiger partial charge is 0.249 e. The topological polar surface area (TPSA) is 29.1 Å². The minimum atomic E-state index is -0.473. The van der Waals surface area contributed by atoms with E-state index in [1.165, 1.54) is 11.8 Å². The second kappa shape index (κ2) is 4.13. The molecule has 74 valence electrons. The Labute approximate surface area is 99.5 Å². The highest BCUT2D eigenvalue weighted by molar-refractivity contribution is 9.10. The summed E-state index contributed by atoms with van der Waals surface area (Å²) < 4.78 is 0.529. The third-order valence-electron chi connectivity index (χ3n) is 1.89. The van der Waals surface area contributed by atoms with Gasteiger partial charge in [-0.25, -0.2) is 0 Å². The molecular weight excluding hydrogens is 286 g/mol. The van der Waals surface area contributed by atoms with Crippen LogP contribution in [0.25, 0.3) is 0 Å². The molecule has 2 unspecified atom stereocenters. The van der Waals surface area contributed by atoms with E-state index < -0.39 is 4.71 Å². The van der Waals surface area contributed by atoms with E-state index in [0.717, 1.165) is 10.0 Å². The highest BCUT2D eigenvalue weighted by atomic mass is 79.9. The van der Waals surface area contributed by atoms with E-state index in [4.69, 9.17) is 11.6 Å². The zero-order valence-corrected chi connectivity index (χ0v) is 10.2. The molecule has 0 radical (unpaired) electrons. The van der Waals surface area contributed by atoms with Crippen LogP contribution in [0.2, 0.25) is 0 Å². The van der Waals surface area contributed by atoms with E-state index in [1.807, 2.05) is 24.3 Å². The van der Waals surface area contributed by atoms with Crippen molar-refractivity contribution in [3.63, 3.8) is 0 Å². The van der Waals surface area contributed by atoms with E-state index in [-0.39, 0.29) is 11.3 Å². The zero-order chi connectivity index (χ0) is 10.1. The fraction of sp³-hybridized carbons (Fsp3) is 0.222. The van der Waals surface area contributed by atoms with Gasteiger partial charge in [0, 0.05) is 4.47 Å². The van der Waals surface area contributed by atoms with Gasteiger partial charge in [0.25, 0.3) is 0 Å². The third-order valence-corrected chi connectivity index (χ3v) is 4.00. The molecule has 14 heavy (non-hydrogen) atoms. The molecule has 1 aliphatic heterocycles. The van der Waals surface area contributed by atoms with Crippen LogP contribution < -0.4 is 5.32 Å². The van der Waals surface area contributed by atoms with Crippen molar-refractivity contribution >= 4 is 45.2 Å². The molecule has 2 rings (SSSR count). The van der Waals surface area contributed by atoms with Crippen LogP contribution in [0, 0.1) is 0 Å². The lowest BCUT2D eigenvalue weighted by atomic mass is 10.2. The average Bonchev–Trinajstić information content (AvgIpc) is 2.47. The molecular formula is C9H7BrClNOS. The number of benzene rings is 1. The van der Waals surface area contributed by atoms with Gasteiger partial charge in [-0.1, -0.05) is 28.1 Å². The number of hydrogen-bond donors (Lipinski definition) is 1. The van der Waals surface area contributed by atoms with Gasteiger partial charge >= 0.3 is 0 Å². The van der Waals surface area contributed by atoms with E-state index in [2.05, 4.69) is 21.2 Å². The SMILES string of the molecule is O=C1NC(c2cccc(Br)c2)SC1Cl. The van der Waals surface area contributed by atoms with Crippen LogP contribution in [-0.4, -0.2) is 10.6 Å². The van der Waals surface area contributed by atoms with Crippen molar-refractivity contribution in [1.29, 1.82) is 0 Å². The Morgan fingerprint density at radius 2 is 2.29 bits per heavy atom. The normalized spacial score (nSPS) is 26.3. The first-order valence-electron chi connectivity index (χ1n) is 4.02. The summed E-state index contributed by atoms with van der Waals surface area (Å²) in [6.07, 6.45) is 0. The lowest BCUT2D eigenvalue weighted by Crippen LogP contribution is -2.21. The summed E-state index contributed by atoms with van der Waals surface area (Å²) in [4.78, 5) is 11.2. The molecule has 1 amide bonds. The van der Waals surface area contributed by atoms with Crippen molar-refractivity contribution < 1.29 is 4.79 Å². The van der Waals surface area contributed by atoms with Crippen LogP contribution >= 0.6 is 39.3 Å². The maximum atomic E-state index is 11.2. The number of rotatable bonds is 1. The minimum Gasteiger partial charge on any atom is -0.338 e. The van der Waals surface area contributed by atoms with Crippen LogP contribution in [-0.2, 0) is 4.79 Å². The van der Waals surface area contributed by atoms with Gasteiger partial charge in [-0.05, 0) is 17.7 Å². The predicted molar refractivity (Wildman–Crippen MR) is 62.3 cm³/mol. The maximum Gasteiger partial charge on any atom is 0.249 e. The van der Waals surface area contributed by atoms with Crippen molar-refractivity contribution in [2.45, 2.75) is 10.1 Å². The van der Waals surface area contributed by atoms with Gasteiger partial charge in [-0.15, -0.1) is 23.4 Å². The number of carbonyl (C=O) groups excluding carboxylic acids is 1. The molecule has 0 aromatic heterocycles. The molecule has 0 bridgehead atoms. The largest absolute Gasteiger partial charge is 0.338 e. The van der Waals surface area contributed by atoms with Crippen molar-refractivity contribution in [2.24, 2.45) is 0 Å². The third kappa shape index (κ3) is 2.07.